The van der Waals surface area contributed by atoms with Gasteiger partial charge in [-0.3, -0.25) is 9.71 Å². The number of pyridine rings is 1. The van der Waals surface area contributed by atoms with E-state index in [9.17, 15) is 13.2 Å². The number of anilines is 4. The number of sulfonamides is 1. The second-order valence-corrected chi connectivity index (χ2v) is 13.9. The number of aromatic nitrogens is 3. The maximum absolute atomic E-state index is 15.2. The third kappa shape index (κ3) is 8.47. The Hall–Kier alpha value is -4.78. The Morgan fingerprint density at radius 1 is 0.913 bits per heavy atom. The Morgan fingerprint density at radius 2 is 1.63 bits per heavy atom. The number of hydrogen-bond acceptors (Lipinski definition) is 9. The van der Waals surface area contributed by atoms with Crippen LogP contribution in [0.3, 0.4) is 0 Å². The number of nitrogens with one attached hydrogen (secondary N) is 4. The minimum absolute atomic E-state index is 0.0549. The number of nitrogens with zero attached hydrogens (tertiary/aromatic N) is 3. The summed E-state index contributed by atoms with van der Waals surface area (Å²) >= 11 is 0. The van der Waals surface area contributed by atoms with Gasteiger partial charge in [-0.25, -0.2) is 27.6 Å². The van der Waals surface area contributed by atoms with Gasteiger partial charge in [-0.1, -0.05) is 18.2 Å². The Balaban J connectivity index is 1.24. The van der Waals surface area contributed by atoms with Gasteiger partial charge in [-0.15, -0.1) is 0 Å². The molecule has 2 aromatic heterocycles. The van der Waals surface area contributed by atoms with Crippen molar-refractivity contribution < 1.29 is 22.3 Å². The number of amides is 1. The first-order valence-corrected chi connectivity index (χ1v) is 16.5. The lowest BCUT2D eigenvalue weighted by atomic mass is 9.91. The number of alkyl carbamates (subject to hydrolysis) is 1. The smallest absolute Gasteiger partial charge is 0.407 e. The van der Waals surface area contributed by atoms with Crippen LogP contribution < -0.4 is 20.7 Å². The van der Waals surface area contributed by atoms with Crippen molar-refractivity contribution in [1.29, 1.82) is 0 Å². The SMILES string of the molecule is Cc1ccccc1NS(=O)(=O)c1ccc(Nc2cccnc2-c2cc(NC3CCC(NC(=O)OC(C)(C)C)CC3)ncn2)cc1F. The molecule has 242 valence electrons. The number of ether oxygens (including phenoxy) is 1. The molecule has 0 saturated heterocycles. The summed E-state index contributed by atoms with van der Waals surface area (Å²) in [6, 6.07) is 16.3. The molecule has 13 heteroatoms. The third-order valence-corrected chi connectivity index (χ3v) is 8.81. The highest BCUT2D eigenvalue weighted by atomic mass is 32.2. The van der Waals surface area contributed by atoms with E-state index in [2.05, 4.69) is 35.6 Å². The van der Waals surface area contributed by atoms with Crippen molar-refractivity contribution in [2.24, 2.45) is 0 Å². The van der Waals surface area contributed by atoms with E-state index in [1.807, 2.05) is 20.8 Å². The minimum Gasteiger partial charge on any atom is -0.444 e. The molecule has 1 aliphatic rings. The van der Waals surface area contributed by atoms with Gasteiger partial charge in [0.25, 0.3) is 10.0 Å². The molecule has 11 nitrogen and oxygen atoms in total. The third-order valence-electron chi connectivity index (χ3n) is 7.41. The number of benzene rings is 2. The van der Waals surface area contributed by atoms with Crippen LogP contribution in [-0.2, 0) is 14.8 Å². The van der Waals surface area contributed by atoms with E-state index in [4.69, 9.17) is 4.74 Å². The number of hydrogen-bond donors (Lipinski definition) is 4. The van der Waals surface area contributed by atoms with Gasteiger partial charge in [0.05, 0.1) is 17.1 Å². The molecule has 0 bridgehead atoms. The van der Waals surface area contributed by atoms with Gasteiger partial charge < -0.3 is 20.7 Å². The zero-order chi connectivity index (χ0) is 32.9. The molecule has 1 saturated carbocycles. The first-order chi connectivity index (χ1) is 21.9. The molecule has 1 aliphatic carbocycles. The summed E-state index contributed by atoms with van der Waals surface area (Å²) in [4.78, 5) is 25.0. The van der Waals surface area contributed by atoms with Crippen molar-refractivity contribution >= 4 is 39.0 Å². The van der Waals surface area contributed by atoms with Crippen LogP contribution in [0.2, 0.25) is 0 Å². The summed E-state index contributed by atoms with van der Waals surface area (Å²) in [6.07, 6.45) is 5.98. The largest absolute Gasteiger partial charge is 0.444 e. The molecule has 0 unspecified atom stereocenters. The van der Waals surface area contributed by atoms with Crippen LogP contribution in [0.5, 0.6) is 0 Å². The number of halogens is 1. The van der Waals surface area contributed by atoms with Gasteiger partial charge >= 0.3 is 6.09 Å². The van der Waals surface area contributed by atoms with Crippen LogP contribution in [0.4, 0.5) is 32.1 Å². The van der Waals surface area contributed by atoms with E-state index in [0.29, 0.717) is 34.3 Å². The molecule has 0 radical (unpaired) electrons. The van der Waals surface area contributed by atoms with Crippen LogP contribution in [0.1, 0.15) is 52.0 Å². The summed E-state index contributed by atoms with van der Waals surface area (Å²) < 4.78 is 48.9. The van der Waals surface area contributed by atoms with Crippen molar-refractivity contribution in [3.05, 3.63) is 84.6 Å². The van der Waals surface area contributed by atoms with E-state index in [1.165, 1.54) is 18.5 Å². The lowest BCUT2D eigenvalue weighted by Gasteiger charge is -2.30. The molecule has 2 aromatic carbocycles. The van der Waals surface area contributed by atoms with Crippen LogP contribution >= 0.6 is 0 Å². The molecular weight excluding hydrogens is 609 g/mol. The Kier molecular flexibility index (Phi) is 9.71. The van der Waals surface area contributed by atoms with Gasteiger partial charge in [-0.2, -0.15) is 0 Å². The summed E-state index contributed by atoms with van der Waals surface area (Å²) in [5, 5.41) is 9.56. The number of carbonyl (C=O) groups is 1. The van der Waals surface area contributed by atoms with Crippen molar-refractivity contribution in [2.75, 3.05) is 15.4 Å². The summed E-state index contributed by atoms with van der Waals surface area (Å²) in [7, 11) is -4.15. The quantitative estimate of drug-likeness (QED) is 0.154. The van der Waals surface area contributed by atoms with Gasteiger partial charge in [0.1, 0.15) is 34.2 Å². The monoisotopic (exact) mass is 647 g/mol. The predicted octanol–water partition coefficient (Wildman–Crippen LogP) is 6.78. The molecule has 0 aliphatic heterocycles. The highest BCUT2D eigenvalue weighted by Gasteiger charge is 2.25. The minimum atomic E-state index is -4.15. The molecule has 4 aromatic rings. The normalized spacial score (nSPS) is 16.7. The average molecular weight is 648 g/mol. The zero-order valence-electron chi connectivity index (χ0n) is 26.2. The first-order valence-electron chi connectivity index (χ1n) is 15.0. The van der Waals surface area contributed by atoms with Crippen LogP contribution in [-0.4, -0.2) is 47.1 Å². The van der Waals surface area contributed by atoms with Crippen LogP contribution in [0.15, 0.2) is 78.1 Å². The molecule has 0 atom stereocenters. The second kappa shape index (κ2) is 13.7. The first kappa shape index (κ1) is 32.6. The fourth-order valence-electron chi connectivity index (χ4n) is 5.18. The van der Waals surface area contributed by atoms with Gasteiger partial charge in [0.15, 0.2) is 0 Å². The standard InChI is InChI=1S/C33H38FN7O4S/c1-21-8-5-6-9-26(21)41-46(43,44)29-16-15-24(18-25(29)34)38-27-10-7-17-35-31(27)28-19-30(37-20-36-28)39-22-11-13-23(14-12-22)40-32(42)45-33(2,3)4/h5-10,15-20,22-23,38,41H,11-14H2,1-4H3,(H,40,42)(H,36,37,39). The highest BCUT2D eigenvalue weighted by Crippen LogP contribution is 2.30. The molecular formula is C33H38FN7O4S. The molecule has 1 fully saturated rings. The number of rotatable bonds is 9. The summed E-state index contributed by atoms with van der Waals surface area (Å²) in [5.41, 5.74) is 2.50. The van der Waals surface area contributed by atoms with Crippen LogP contribution in [0, 0.1) is 12.7 Å². The molecule has 0 spiro atoms. The van der Waals surface area contributed by atoms with Gasteiger partial charge in [-0.05, 0) is 95.3 Å². The van der Waals surface area contributed by atoms with E-state index < -0.39 is 32.4 Å². The Labute approximate surface area is 268 Å². The van der Waals surface area contributed by atoms with E-state index >= 15 is 4.39 Å². The summed E-state index contributed by atoms with van der Waals surface area (Å²) in [6.45, 7) is 7.28. The second-order valence-electron chi connectivity index (χ2n) is 12.2. The summed E-state index contributed by atoms with van der Waals surface area (Å²) in [5.74, 6) is -0.270. The van der Waals surface area contributed by atoms with Crippen molar-refractivity contribution in [3.63, 3.8) is 0 Å². The average Bonchev–Trinajstić information content (AvgIpc) is 2.99. The molecule has 2 heterocycles. The lowest BCUT2D eigenvalue weighted by molar-refractivity contribution is 0.0492. The van der Waals surface area contributed by atoms with E-state index in [-0.39, 0.29) is 12.1 Å². The highest BCUT2D eigenvalue weighted by molar-refractivity contribution is 7.92. The zero-order valence-corrected chi connectivity index (χ0v) is 27.0. The van der Waals surface area contributed by atoms with Gasteiger partial charge in [0.2, 0.25) is 0 Å². The number of carbonyl (C=O) groups excluding carboxylic acids is 1. The predicted molar refractivity (Wildman–Crippen MR) is 176 cm³/mol. The molecule has 4 N–H and O–H groups in total. The maximum Gasteiger partial charge on any atom is 0.407 e. The molecule has 46 heavy (non-hydrogen) atoms. The lowest BCUT2D eigenvalue weighted by Crippen LogP contribution is -2.42. The number of aryl methyl sites for hydroxylation is 1. The topological polar surface area (TPSA) is 147 Å². The Morgan fingerprint density at radius 3 is 2.35 bits per heavy atom. The Bertz CT molecular complexity index is 1810. The molecule has 1 amide bonds. The molecule has 5 rings (SSSR count). The van der Waals surface area contributed by atoms with Gasteiger partial charge in [0, 0.05) is 30.0 Å². The fourth-order valence-corrected chi connectivity index (χ4v) is 6.37. The van der Waals surface area contributed by atoms with Crippen molar-refractivity contribution in [3.8, 4) is 11.4 Å². The fraction of sp³-hybridized carbons (Fsp3) is 0.333. The van der Waals surface area contributed by atoms with E-state index in [0.717, 1.165) is 37.3 Å². The van der Waals surface area contributed by atoms with Crippen LogP contribution in [0.25, 0.3) is 11.4 Å². The van der Waals surface area contributed by atoms with E-state index in [1.54, 1.807) is 55.6 Å². The van der Waals surface area contributed by atoms with Crippen molar-refractivity contribution in [2.45, 2.75) is 76.0 Å². The maximum atomic E-state index is 15.2. The number of para-hydroxylation sites is 1. The van der Waals surface area contributed by atoms with Crippen molar-refractivity contribution in [1.82, 2.24) is 20.3 Å².